The van der Waals surface area contributed by atoms with E-state index in [1.807, 2.05) is 0 Å². The van der Waals surface area contributed by atoms with Crippen molar-refractivity contribution in [1.29, 1.82) is 0 Å². The average Bonchev–Trinajstić information content (AvgIpc) is 0.964. The molecular formula is C68H68O24. The summed E-state index contributed by atoms with van der Waals surface area (Å²) < 4.78 is 21.9. The first-order valence-electron chi connectivity index (χ1n) is 28.6. The number of rotatable bonds is 26. The maximum Gasteiger partial charge on any atom is 0.338 e. The maximum atomic E-state index is 12.9. The largest absolute Gasteiger partial charge is 0.508 e. The van der Waals surface area contributed by atoms with Crippen molar-refractivity contribution in [3.63, 3.8) is 0 Å². The highest BCUT2D eigenvalue weighted by Crippen LogP contribution is 2.40. The number of hydrogen-bond donors (Lipinski definition) is 16. The van der Waals surface area contributed by atoms with E-state index in [4.69, 9.17) is 18.9 Å². The Kier molecular flexibility index (Phi) is 23.3. The maximum absolute atomic E-state index is 12.9. The zero-order chi connectivity index (χ0) is 66.8. The van der Waals surface area contributed by atoms with Crippen molar-refractivity contribution in [2.75, 3.05) is 26.4 Å². The van der Waals surface area contributed by atoms with Gasteiger partial charge in [0.25, 0.3) is 0 Å². The molecule has 8 aromatic carbocycles. The SMILES string of the molecule is O=C(OCCC[C@@H](Cc1ccc(O)cc1)[C@@H](COC(=O)c1cc(O)c(O)c(O)c1)Cc1ccc(O)cc1)c1cc(O)c(O)c(O)c1.O=C(OCCC[C@H](Cc1ccc(O)cc1)[C@H](COC(=O)c1cc(O)c(O)c(O)c1)Cc1ccc(O)cc1)c1cc(O)c(O)c(O)c1. The predicted octanol–water partition coefficient (Wildman–Crippen LogP) is 9.69. The molecule has 8 aromatic rings. The van der Waals surface area contributed by atoms with Gasteiger partial charge in [-0.2, -0.15) is 0 Å². The summed E-state index contributed by atoms with van der Waals surface area (Å²) in [5.74, 6) is -12.5. The molecule has 16 N–H and O–H groups in total. The molecule has 0 bridgehead atoms. The molecule has 0 heterocycles. The Labute approximate surface area is 525 Å². The molecular weight excluding hydrogens is 1200 g/mol. The molecule has 0 aromatic heterocycles. The average molecular weight is 1270 g/mol. The van der Waals surface area contributed by atoms with Crippen LogP contribution in [0.5, 0.6) is 92.0 Å². The lowest BCUT2D eigenvalue weighted by Crippen LogP contribution is -2.26. The lowest BCUT2D eigenvalue weighted by molar-refractivity contribution is 0.0358. The van der Waals surface area contributed by atoms with Crippen LogP contribution in [-0.2, 0) is 44.6 Å². The molecule has 0 fully saturated rings. The fourth-order valence-electron chi connectivity index (χ4n) is 10.1. The molecule has 92 heavy (non-hydrogen) atoms. The number of carbonyl (C=O) groups is 4. The quantitative estimate of drug-likeness (QED) is 0.0104. The summed E-state index contributed by atoms with van der Waals surface area (Å²) in [7, 11) is 0. The van der Waals surface area contributed by atoms with Crippen LogP contribution in [0.1, 0.15) is 89.4 Å². The molecule has 0 aliphatic carbocycles. The second-order valence-electron chi connectivity index (χ2n) is 21.7. The minimum Gasteiger partial charge on any atom is -0.508 e. The topological polar surface area (TPSA) is 429 Å². The number of esters is 4. The normalized spacial score (nSPS) is 12.3. The van der Waals surface area contributed by atoms with Crippen LogP contribution in [0.15, 0.2) is 146 Å². The molecule has 0 spiro atoms. The fourth-order valence-corrected chi connectivity index (χ4v) is 10.1. The lowest BCUT2D eigenvalue weighted by atomic mass is 9.80. The number of hydrogen-bond acceptors (Lipinski definition) is 24. The summed E-state index contributed by atoms with van der Waals surface area (Å²) in [6, 6.07) is 34.1. The van der Waals surface area contributed by atoms with E-state index in [1.165, 1.54) is 24.3 Å². The molecule has 0 saturated carbocycles. The third-order valence-electron chi connectivity index (χ3n) is 15.1. The van der Waals surface area contributed by atoms with E-state index < -0.39 is 92.9 Å². The van der Waals surface area contributed by atoms with Gasteiger partial charge in [-0.05, 0) is 183 Å². The van der Waals surface area contributed by atoms with Crippen molar-refractivity contribution in [2.24, 2.45) is 23.7 Å². The number of ether oxygens (including phenoxy) is 4. The Hall–Kier alpha value is -11.6. The molecule has 0 aliphatic rings. The second-order valence-corrected chi connectivity index (χ2v) is 21.7. The second kappa shape index (κ2) is 31.6. The van der Waals surface area contributed by atoms with Crippen molar-refractivity contribution < 1.29 is 120 Å². The molecule has 24 nitrogen and oxygen atoms in total. The summed E-state index contributed by atoms with van der Waals surface area (Å²) >= 11 is 0. The van der Waals surface area contributed by atoms with Crippen LogP contribution in [-0.4, -0.2) is 132 Å². The van der Waals surface area contributed by atoms with Gasteiger partial charge < -0.3 is 101 Å². The molecule has 0 amide bonds. The van der Waals surface area contributed by atoms with Gasteiger partial charge in [0.15, 0.2) is 69.0 Å². The highest BCUT2D eigenvalue weighted by molar-refractivity contribution is 5.93. The van der Waals surface area contributed by atoms with Crippen LogP contribution in [0, 0.1) is 23.7 Å². The molecule has 24 heteroatoms. The van der Waals surface area contributed by atoms with E-state index in [-0.39, 0.29) is 95.4 Å². The predicted molar refractivity (Wildman–Crippen MR) is 327 cm³/mol. The van der Waals surface area contributed by atoms with Gasteiger partial charge in [-0.1, -0.05) is 48.5 Å². The minimum atomic E-state index is -0.848. The first-order valence-corrected chi connectivity index (χ1v) is 28.6. The number of phenolic OH excluding ortho intramolecular Hbond substituents is 16. The smallest absolute Gasteiger partial charge is 0.338 e. The van der Waals surface area contributed by atoms with Gasteiger partial charge in [0.2, 0.25) is 0 Å². The zero-order valence-corrected chi connectivity index (χ0v) is 49.1. The van der Waals surface area contributed by atoms with E-state index in [0.29, 0.717) is 51.4 Å². The van der Waals surface area contributed by atoms with E-state index in [0.717, 1.165) is 70.8 Å². The van der Waals surface area contributed by atoms with Crippen molar-refractivity contribution in [3.05, 3.63) is 190 Å². The Morgan fingerprint density at radius 3 is 0.685 bits per heavy atom. The van der Waals surface area contributed by atoms with Crippen LogP contribution in [0.4, 0.5) is 0 Å². The van der Waals surface area contributed by atoms with Crippen LogP contribution < -0.4 is 0 Å². The Bertz CT molecular complexity index is 3490. The van der Waals surface area contributed by atoms with Gasteiger partial charge in [0.1, 0.15) is 23.0 Å². The zero-order valence-electron chi connectivity index (χ0n) is 49.1. The van der Waals surface area contributed by atoms with Crippen molar-refractivity contribution in [3.8, 4) is 92.0 Å². The summed E-state index contributed by atoms with van der Waals surface area (Å²) in [5, 5.41) is 156. The van der Waals surface area contributed by atoms with Crippen LogP contribution >= 0.6 is 0 Å². The Morgan fingerprint density at radius 2 is 0.467 bits per heavy atom. The molecule has 0 radical (unpaired) electrons. The summed E-state index contributed by atoms with van der Waals surface area (Å²) in [5.41, 5.74) is 2.78. The Morgan fingerprint density at radius 1 is 0.272 bits per heavy atom. The molecule has 4 atom stereocenters. The standard InChI is InChI=1S/2C34H34O12/c2*35-25-7-3-19(4-8-25)12-21(2-1-11-45-33(43)22-14-27(37)31(41)28(38)15-22)24(13-20-5-9-26(36)10-6-20)18-46-34(44)23-16-29(39)32(42)30(40)17-23/h2*3-10,14-17,21,24,35-42H,1-2,11-13,18H2/t2*21-,24+/m10/s1. The van der Waals surface area contributed by atoms with Gasteiger partial charge in [-0.25, -0.2) is 19.2 Å². The first-order chi connectivity index (χ1) is 43.8. The summed E-state index contributed by atoms with van der Waals surface area (Å²) in [4.78, 5) is 50.9. The summed E-state index contributed by atoms with van der Waals surface area (Å²) in [6.45, 7) is -0.274. The molecule has 484 valence electrons. The van der Waals surface area contributed by atoms with Crippen LogP contribution in [0.3, 0.4) is 0 Å². The third-order valence-corrected chi connectivity index (χ3v) is 15.1. The lowest BCUT2D eigenvalue weighted by Gasteiger charge is -2.28. The van der Waals surface area contributed by atoms with Gasteiger partial charge in [0, 0.05) is 11.8 Å². The minimum absolute atomic E-state index is 0.0366. The highest BCUT2D eigenvalue weighted by Gasteiger charge is 2.28. The first kappa shape index (κ1) is 67.9. The number of benzene rings is 8. The molecule has 8 rings (SSSR count). The molecule has 0 unspecified atom stereocenters. The number of aromatic hydroxyl groups is 16. The van der Waals surface area contributed by atoms with E-state index >= 15 is 0 Å². The van der Waals surface area contributed by atoms with Crippen molar-refractivity contribution in [2.45, 2.75) is 51.4 Å². The van der Waals surface area contributed by atoms with Gasteiger partial charge >= 0.3 is 23.9 Å². The van der Waals surface area contributed by atoms with E-state index in [1.54, 1.807) is 72.8 Å². The van der Waals surface area contributed by atoms with Crippen LogP contribution in [0.25, 0.3) is 0 Å². The third kappa shape index (κ3) is 19.2. The highest BCUT2D eigenvalue weighted by atomic mass is 16.5. The summed E-state index contributed by atoms with van der Waals surface area (Å²) in [6.07, 6.45) is 3.46. The molecule has 0 saturated heterocycles. The Balaban J connectivity index is 0.000000261. The fraction of sp³-hybridized carbons (Fsp3) is 0.235. The van der Waals surface area contributed by atoms with E-state index in [2.05, 4.69) is 0 Å². The van der Waals surface area contributed by atoms with Gasteiger partial charge in [0.05, 0.1) is 48.7 Å². The van der Waals surface area contributed by atoms with Gasteiger partial charge in [-0.15, -0.1) is 0 Å². The van der Waals surface area contributed by atoms with Gasteiger partial charge in [-0.3, -0.25) is 0 Å². The monoisotopic (exact) mass is 1270 g/mol. The molecule has 0 aliphatic heterocycles. The van der Waals surface area contributed by atoms with Crippen LogP contribution in [0.2, 0.25) is 0 Å². The number of phenols is 16. The van der Waals surface area contributed by atoms with E-state index in [9.17, 15) is 101 Å². The van der Waals surface area contributed by atoms with Crippen molar-refractivity contribution >= 4 is 23.9 Å². The number of carbonyl (C=O) groups excluding carboxylic acids is 4. The van der Waals surface area contributed by atoms with Crippen molar-refractivity contribution in [1.82, 2.24) is 0 Å².